The number of amides is 2. The van der Waals surface area contributed by atoms with Gasteiger partial charge in [0.2, 0.25) is 0 Å². The van der Waals surface area contributed by atoms with Crippen molar-refractivity contribution < 1.29 is 39.0 Å². The van der Waals surface area contributed by atoms with Gasteiger partial charge in [0.05, 0.1) is 36.4 Å². The summed E-state index contributed by atoms with van der Waals surface area (Å²) >= 11 is 0. The molecule has 0 radical (unpaired) electrons. The number of carboxylic acid groups (broad SMARTS) is 1. The van der Waals surface area contributed by atoms with E-state index in [1.807, 2.05) is 0 Å². The Bertz CT molecular complexity index is 1480. The molecule has 15 heteroatoms. The molecule has 0 aliphatic carbocycles. The van der Waals surface area contributed by atoms with Gasteiger partial charge in [-0.1, -0.05) is 6.07 Å². The summed E-state index contributed by atoms with van der Waals surface area (Å²) in [5, 5.41) is 42.6. The molecule has 3 aromatic rings. The average Bonchev–Trinajstić information content (AvgIpc) is 2.97. The monoisotopic (exact) mass is 580 g/mol. The summed E-state index contributed by atoms with van der Waals surface area (Å²) in [6, 6.07) is 15.1. The highest BCUT2D eigenvalue weighted by atomic mass is 16.6. The third kappa shape index (κ3) is 8.72. The quantitative estimate of drug-likeness (QED) is 0.0948. The van der Waals surface area contributed by atoms with Gasteiger partial charge in [0.25, 0.3) is 5.69 Å². The van der Waals surface area contributed by atoms with Gasteiger partial charge >= 0.3 is 18.2 Å². The number of ether oxygens (including phenoxy) is 2. The van der Waals surface area contributed by atoms with Crippen molar-refractivity contribution in [1.82, 2.24) is 0 Å². The van der Waals surface area contributed by atoms with Crippen LogP contribution in [0.4, 0.5) is 43.7 Å². The highest BCUT2D eigenvalue weighted by molar-refractivity contribution is 5.91. The molecule has 3 rings (SSSR count). The van der Waals surface area contributed by atoms with Crippen molar-refractivity contribution in [2.75, 3.05) is 48.9 Å². The Kier molecular flexibility index (Phi) is 10.8. The summed E-state index contributed by atoms with van der Waals surface area (Å²) in [6.45, 7) is 2.02. The number of methoxy groups -OCH3 is 1. The van der Waals surface area contributed by atoms with Crippen LogP contribution in [0.5, 0.6) is 0 Å². The summed E-state index contributed by atoms with van der Waals surface area (Å²) in [4.78, 5) is 47.4. The Hall–Kier alpha value is -5.57. The van der Waals surface area contributed by atoms with Crippen LogP contribution >= 0.6 is 0 Å². The molecule has 3 aromatic carbocycles. The molecule has 0 aliphatic rings. The molecule has 0 aliphatic heterocycles. The lowest BCUT2D eigenvalue weighted by atomic mass is 10.2. The Morgan fingerprint density at radius 1 is 1.00 bits per heavy atom. The summed E-state index contributed by atoms with van der Waals surface area (Å²) in [5.74, 6) is -0.717. The minimum Gasteiger partial charge on any atom is -0.465 e. The zero-order valence-electron chi connectivity index (χ0n) is 22.6. The fourth-order valence-corrected chi connectivity index (χ4v) is 3.68. The number of nitro benzene ring substituents is 1. The minimum absolute atomic E-state index is 0.00950. The number of rotatable bonds is 12. The molecule has 0 bridgehead atoms. The molecule has 0 saturated carbocycles. The lowest BCUT2D eigenvalue weighted by Gasteiger charge is -2.23. The normalized spacial score (nSPS) is 10.6. The predicted octanol–water partition coefficient (Wildman–Crippen LogP) is 5.24. The molecular weight excluding hydrogens is 552 g/mol. The zero-order chi connectivity index (χ0) is 30.6. The van der Waals surface area contributed by atoms with Crippen molar-refractivity contribution in [1.29, 1.82) is 0 Å². The van der Waals surface area contributed by atoms with Crippen LogP contribution in [-0.4, -0.2) is 66.7 Å². The van der Waals surface area contributed by atoms with E-state index in [0.29, 0.717) is 28.3 Å². The molecule has 42 heavy (non-hydrogen) atoms. The van der Waals surface area contributed by atoms with Gasteiger partial charge in [-0.15, -0.1) is 5.11 Å². The second-order valence-electron chi connectivity index (χ2n) is 8.60. The number of aryl methyl sites for hydroxylation is 1. The van der Waals surface area contributed by atoms with Crippen molar-refractivity contribution in [2.45, 2.75) is 6.92 Å². The number of aliphatic hydroxyl groups is 1. The second kappa shape index (κ2) is 14.7. The van der Waals surface area contributed by atoms with Gasteiger partial charge in [0, 0.05) is 29.7 Å². The van der Waals surface area contributed by atoms with Crippen LogP contribution in [0.3, 0.4) is 0 Å². The van der Waals surface area contributed by atoms with Gasteiger partial charge in [-0.3, -0.25) is 20.7 Å². The van der Waals surface area contributed by atoms with Crippen molar-refractivity contribution in [3.05, 3.63) is 81.9 Å². The Morgan fingerprint density at radius 2 is 1.74 bits per heavy atom. The van der Waals surface area contributed by atoms with Crippen LogP contribution in [0, 0.1) is 17.0 Å². The first kappa shape index (κ1) is 31.0. The van der Waals surface area contributed by atoms with Gasteiger partial charge in [-0.05, 0) is 61.0 Å². The van der Waals surface area contributed by atoms with Crippen LogP contribution in [0.25, 0.3) is 0 Å². The molecule has 220 valence electrons. The van der Waals surface area contributed by atoms with Gasteiger partial charge in [0.1, 0.15) is 6.61 Å². The lowest BCUT2D eigenvalue weighted by Crippen LogP contribution is -2.31. The molecule has 0 spiro atoms. The SMILES string of the molecule is COC(=O)c1ccc(N=Nc2ccc(N(CCO)CCOC(=O)Nc3ccc(C)c(NC(=O)O)c3)cc2)c([N+](=O)[O-])c1. The van der Waals surface area contributed by atoms with E-state index >= 15 is 0 Å². The second-order valence-corrected chi connectivity index (χ2v) is 8.60. The van der Waals surface area contributed by atoms with E-state index < -0.39 is 28.8 Å². The summed E-state index contributed by atoms with van der Waals surface area (Å²) in [5.41, 5.74) is 1.98. The number of nitrogens with one attached hydrogen (secondary N) is 2. The fourth-order valence-electron chi connectivity index (χ4n) is 3.68. The minimum atomic E-state index is -1.23. The van der Waals surface area contributed by atoms with Gasteiger partial charge < -0.3 is 24.6 Å². The van der Waals surface area contributed by atoms with Crippen LogP contribution in [0.2, 0.25) is 0 Å². The van der Waals surface area contributed by atoms with Crippen molar-refractivity contribution in [3.8, 4) is 0 Å². The van der Waals surface area contributed by atoms with E-state index in [4.69, 9.17) is 9.84 Å². The Balaban J connectivity index is 1.61. The molecule has 0 unspecified atom stereocenters. The topological polar surface area (TPSA) is 205 Å². The van der Waals surface area contributed by atoms with E-state index in [0.717, 1.165) is 6.07 Å². The Morgan fingerprint density at radius 3 is 2.38 bits per heavy atom. The summed E-state index contributed by atoms with van der Waals surface area (Å²) in [7, 11) is 1.17. The summed E-state index contributed by atoms with van der Waals surface area (Å²) in [6.07, 6.45) is -1.97. The first-order valence-electron chi connectivity index (χ1n) is 12.4. The largest absolute Gasteiger partial charge is 0.465 e. The number of hydrogen-bond acceptors (Lipinski definition) is 11. The zero-order valence-corrected chi connectivity index (χ0v) is 22.6. The maximum absolute atomic E-state index is 12.2. The third-order valence-electron chi connectivity index (χ3n) is 5.77. The number of aliphatic hydroxyl groups excluding tert-OH is 1. The van der Waals surface area contributed by atoms with Gasteiger partial charge in [-0.2, -0.15) is 5.11 Å². The van der Waals surface area contributed by atoms with Crippen LogP contribution < -0.4 is 15.5 Å². The number of nitro groups is 1. The smallest absolute Gasteiger partial charge is 0.411 e. The number of azo groups is 1. The molecule has 15 nitrogen and oxygen atoms in total. The lowest BCUT2D eigenvalue weighted by molar-refractivity contribution is -0.384. The average molecular weight is 581 g/mol. The molecule has 0 saturated heterocycles. The van der Waals surface area contributed by atoms with Crippen molar-refractivity contribution in [3.63, 3.8) is 0 Å². The highest BCUT2D eigenvalue weighted by Gasteiger charge is 2.18. The maximum atomic E-state index is 12.2. The van der Waals surface area contributed by atoms with E-state index in [1.54, 1.807) is 48.2 Å². The number of carbonyl (C=O) groups excluding carboxylic acids is 2. The number of carbonyl (C=O) groups is 3. The van der Waals surface area contributed by atoms with Gasteiger partial charge in [-0.25, -0.2) is 14.4 Å². The molecule has 2 amide bonds. The predicted molar refractivity (Wildman–Crippen MR) is 152 cm³/mol. The molecule has 4 N–H and O–H groups in total. The van der Waals surface area contributed by atoms with Crippen molar-refractivity contribution in [2.24, 2.45) is 10.2 Å². The highest BCUT2D eigenvalue weighted by Crippen LogP contribution is 2.31. The fraction of sp³-hybridized carbons (Fsp3) is 0.222. The van der Waals surface area contributed by atoms with Crippen LogP contribution in [-0.2, 0) is 9.47 Å². The molecule has 0 fully saturated rings. The third-order valence-corrected chi connectivity index (χ3v) is 5.77. The maximum Gasteiger partial charge on any atom is 0.411 e. The molecule has 0 atom stereocenters. The van der Waals surface area contributed by atoms with E-state index in [1.165, 1.54) is 25.3 Å². The first-order valence-corrected chi connectivity index (χ1v) is 12.4. The van der Waals surface area contributed by atoms with Crippen LogP contribution in [0.1, 0.15) is 15.9 Å². The number of benzene rings is 3. The van der Waals surface area contributed by atoms with Crippen LogP contribution in [0.15, 0.2) is 70.9 Å². The summed E-state index contributed by atoms with van der Waals surface area (Å²) < 4.78 is 9.82. The van der Waals surface area contributed by atoms with E-state index in [9.17, 15) is 29.6 Å². The molecule has 0 heterocycles. The Labute approximate surface area is 239 Å². The standard InChI is InChI=1S/C27H28N6O9/c1-17-3-5-20(16-23(17)29-26(36)37)28-27(38)42-14-12-32(11-13-34)21-8-6-19(7-9-21)30-31-22-10-4-18(25(35)41-2)15-24(22)33(39)40/h3-10,15-16,29,34H,11-14H2,1-2H3,(H,28,38)(H,36,37). The van der Waals surface area contributed by atoms with Gasteiger partial charge in [0.15, 0.2) is 5.69 Å². The van der Waals surface area contributed by atoms with Crippen molar-refractivity contribution >= 4 is 52.3 Å². The number of hydrogen-bond donors (Lipinski definition) is 4. The number of nitrogens with zero attached hydrogens (tertiary/aromatic N) is 4. The molecule has 0 aromatic heterocycles. The molecular formula is C27H28N6O9. The van der Waals surface area contributed by atoms with E-state index in [2.05, 4.69) is 25.6 Å². The first-order chi connectivity index (χ1) is 20.1. The number of anilines is 3. The van der Waals surface area contributed by atoms with E-state index in [-0.39, 0.29) is 37.6 Å². The number of esters is 1.